The monoisotopic (exact) mass is 384 g/mol. The predicted molar refractivity (Wildman–Crippen MR) is 105 cm³/mol. The zero-order valence-corrected chi connectivity index (χ0v) is 16.1. The number of nitrogens with zero attached hydrogens (tertiary/aromatic N) is 3. The standard InChI is InChI=1S/C20H24N4O4/c1-3-28-20(26)24-10-8-23(9-11-24)19(25)15-12-16(14-21-13-15)22-17-6-4-5-7-18(17)27-2/h4-7,12-14,22H,3,8-11H2,1-2H3. The molecule has 1 aliphatic heterocycles. The van der Waals surface area contributed by atoms with Crippen LogP contribution in [0.15, 0.2) is 42.7 Å². The van der Waals surface area contributed by atoms with Crippen molar-refractivity contribution in [3.8, 4) is 5.75 Å². The molecule has 2 heterocycles. The van der Waals surface area contributed by atoms with Gasteiger partial charge in [-0.3, -0.25) is 9.78 Å². The number of pyridine rings is 1. The van der Waals surface area contributed by atoms with Gasteiger partial charge in [-0.1, -0.05) is 12.1 Å². The van der Waals surface area contributed by atoms with Crippen LogP contribution in [-0.2, 0) is 4.74 Å². The van der Waals surface area contributed by atoms with Gasteiger partial charge in [0.25, 0.3) is 5.91 Å². The number of carbonyl (C=O) groups excluding carboxylic acids is 2. The average molecular weight is 384 g/mol. The zero-order chi connectivity index (χ0) is 19.9. The van der Waals surface area contributed by atoms with Crippen LogP contribution in [0.5, 0.6) is 5.75 Å². The highest BCUT2D eigenvalue weighted by Gasteiger charge is 2.25. The molecule has 1 aromatic carbocycles. The van der Waals surface area contributed by atoms with E-state index in [1.807, 2.05) is 24.3 Å². The Hall–Kier alpha value is -3.29. The third-order valence-corrected chi connectivity index (χ3v) is 4.46. The highest BCUT2D eigenvalue weighted by Crippen LogP contribution is 2.27. The second-order valence-corrected chi connectivity index (χ2v) is 6.27. The van der Waals surface area contributed by atoms with Crippen molar-refractivity contribution in [2.45, 2.75) is 6.92 Å². The molecular weight excluding hydrogens is 360 g/mol. The van der Waals surface area contributed by atoms with E-state index in [9.17, 15) is 9.59 Å². The number of hydrogen-bond donors (Lipinski definition) is 1. The van der Waals surface area contributed by atoms with E-state index >= 15 is 0 Å². The third kappa shape index (κ3) is 4.51. The number of rotatable bonds is 5. The van der Waals surface area contributed by atoms with Crippen LogP contribution in [0.3, 0.4) is 0 Å². The van der Waals surface area contributed by atoms with Crippen LogP contribution in [0.25, 0.3) is 0 Å². The molecule has 1 saturated heterocycles. The summed E-state index contributed by atoms with van der Waals surface area (Å²) in [6.45, 7) is 3.95. The number of anilines is 2. The SMILES string of the molecule is CCOC(=O)N1CCN(C(=O)c2cncc(Nc3ccccc3OC)c2)CC1. The molecule has 0 spiro atoms. The molecule has 1 aromatic heterocycles. The van der Waals surface area contributed by atoms with Crippen molar-refractivity contribution >= 4 is 23.4 Å². The van der Waals surface area contributed by atoms with Crippen molar-refractivity contribution in [3.05, 3.63) is 48.3 Å². The van der Waals surface area contributed by atoms with E-state index in [0.717, 1.165) is 5.69 Å². The molecule has 0 saturated carbocycles. The van der Waals surface area contributed by atoms with Crippen LogP contribution >= 0.6 is 0 Å². The van der Waals surface area contributed by atoms with E-state index < -0.39 is 0 Å². The first-order valence-electron chi connectivity index (χ1n) is 9.18. The van der Waals surface area contributed by atoms with Crippen LogP contribution in [0.4, 0.5) is 16.2 Å². The maximum absolute atomic E-state index is 12.8. The fourth-order valence-corrected chi connectivity index (χ4v) is 3.02. The number of aromatic nitrogens is 1. The van der Waals surface area contributed by atoms with Crippen LogP contribution in [0.1, 0.15) is 17.3 Å². The van der Waals surface area contributed by atoms with E-state index in [-0.39, 0.29) is 12.0 Å². The molecule has 0 aliphatic carbocycles. The summed E-state index contributed by atoms with van der Waals surface area (Å²) in [5.41, 5.74) is 1.98. The van der Waals surface area contributed by atoms with Gasteiger partial charge in [0.05, 0.1) is 36.9 Å². The first-order valence-corrected chi connectivity index (χ1v) is 9.18. The number of nitrogens with one attached hydrogen (secondary N) is 1. The van der Waals surface area contributed by atoms with Gasteiger partial charge in [0.1, 0.15) is 5.75 Å². The topological polar surface area (TPSA) is 84.0 Å². The molecule has 8 heteroatoms. The van der Waals surface area contributed by atoms with Gasteiger partial charge in [0.15, 0.2) is 0 Å². The van der Waals surface area contributed by atoms with Crippen molar-refractivity contribution in [2.24, 2.45) is 0 Å². The van der Waals surface area contributed by atoms with E-state index in [0.29, 0.717) is 49.8 Å². The molecular formula is C20H24N4O4. The molecule has 148 valence electrons. The maximum atomic E-state index is 12.8. The lowest BCUT2D eigenvalue weighted by Gasteiger charge is -2.34. The molecule has 2 amide bonds. The van der Waals surface area contributed by atoms with Crippen molar-refractivity contribution in [2.75, 3.05) is 45.2 Å². The van der Waals surface area contributed by atoms with Gasteiger partial charge in [-0.2, -0.15) is 0 Å². The Morgan fingerprint density at radius 1 is 1.11 bits per heavy atom. The normalized spacial score (nSPS) is 13.8. The second-order valence-electron chi connectivity index (χ2n) is 6.27. The van der Waals surface area contributed by atoms with E-state index in [1.165, 1.54) is 0 Å². The summed E-state index contributed by atoms with van der Waals surface area (Å²) in [6.07, 6.45) is 2.87. The number of methoxy groups -OCH3 is 1. The molecule has 2 aromatic rings. The summed E-state index contributed by atoms with van der Waals surface area (Å²) in [6, 6.07) is 9.30. The fourth-order valence-electron chi connectivity index (χ4n) is 3.02. The van der Waals surface area contributed by atoms with Gasteiger partial charge in [-0.15, -0.1) is 0 Å². The summed E-state index contributed by atoms with van der Waals surface area (Å²) in [7, 11) is 1.61. The molecule has 0 radical (unpaired) electrons. The fraction of sp³-hybridized carbons (Fsp3) is 0.350. The quantitative estimate of drug-likeness (QED) is 0.853. The van der Waals surface area contributed by atoms with E-state index in [1.54, 1.807) is 42.3 Å². The summed E-state index contributed by atoms with van der Waals surface area (Å²) in [4.78, 5) is 32.1. The van der Waals surface area contributed by atoms with E-state index in [4.69, 9.17) is 9.47 Å². The van der Waals surface area contributed by atoms with Gasteiger partial charge in [0, 0.05) is 32.4 Å². The molecule has 8 nitrogen and oxygen atoms in total. The predicted octanol–water partition coefficient (Wildman–Crippen LogP) is 2.75. The molecule has 1 N–H and O–H groups in total. The number of piperazine rings is 1. The number of para-hydroxylation sites is 2. The molecule has 1 aliphatic rings. The summed E-state index contributed by atoms with van der Waals surface area (Å²) in [5, 5.41) is 3.23. The minimum Gasteiger partial charge on any atom is -0.495 e. The number of amides is 2. The van der Waals surface area contributed by atoms with Crippen LogP contribution in [0, 0.1) is 0 Å². The Kier molecular flexibility index (Phi) is 6.31. The minimum absolute atomic E-state index is 0.111. The van der Waals surface area contributed by atoms with Crippen LogP contribution in [-0.4, -0.2) is 66.7 Å². The number of carbonyl (C=O) groups is 2. The molecule has 0 atom stereocenters. The molecule has 28 heavy (non-hydrogen) atoms. The smallest absolute Gasteiger partial charge is 0.409 e. The summed E-state index contributed by atoms with van der Waals surface area (Å²) >= 11 is 0. The third-order valence-electron chi connectivity index (χ3n) is 4.46. The van der Waals surface area contributed by atoms with Gasteiger partial charge >= 0.3 is 6.09 Å². The lowest BCUT2D eigenvalue weighted by molar-refractivity contribution is 0.0570. The number of ether oxygens (including phenoxy) is 2. The Bertz CT molecular complexity index is 834. The summed E-state index contributed by atoms with van der Waals surface area (Å²) in [5.74, 6) is 0.592. The molecule has 1 fully saturated rings. The van der Waals surface area contributed by atoms with Crippen molar-refractivity contribution in [1.82, 2.24) is 14.8 Å². The average Bonchev–Trinajstić information content (AvgIpc) is 2.74. The molecule has 3 rings (SSSR count). The summed E-state index contributed by atoms with van der Waals surface area (Å²) < 4.78 is 10.3. The Morgan fingerprint density at radius 3 is 2.54 bits per heavy atom. The number of hydrogen-bond acceptors (Lipinski definition) is 6. The second kappa shape index (κ2) is 9.07. The first kappa shape index (κ1) is 19.5. The highest BCUT2D eigenvalue weighted by molar-refractivity contribution is 5.95. The van der Waals surface area contributed by atoms with E-state index in [2.05, 4.69) is 10.3 Å². The van der Waals surface area contributed by atoms with Gasteiger partial charge < -0.3 is 24.6 Å². The largest absolute Gasteiger partial charge is 0.495 e. The molecule has 0 bridgehead atoms. The first-order chi connectivity index (χ1) is 13.6. The highest BCUT2D eigenvalue weighted by atomic mass is 16.6. The molecule has 0 unspecified atom stereocenters. The van der Waals surface area contributed by atoms with Gasteiger partial charge in [0.2, 0.25) is 0 Å². The Morgan fingerprint density at radius 2 is 1.82 bits per heavy atom. The van der Waals surface area contributed by atoms with Gasteiger partial charge in [-0.05, 0) is 25.1 Å². The van der Waals surface area contributed by atoms with Crippen molar-refractivity contribution in [3.63, 3.8) is 0 Å². The lowest BCUT2D eigenvalue weighted by Crippen LogP contribution is -2.50. The van der Waals surface area contributed by atoms with Crippen molar-refractivity contribution in [1.29, 1.82) is 0 Å². The Labute approximate surface area is 164 Å². The zero-order valence-electron chi connectivity index (χ0n) is 16.1. The van der Waals surface area contributed by atoms with Gasteiger partial charge in [-0.25, -0.2) is 4.79 Å². The Balaban J connectivity index is 1.65. The van der Waals surface area contributed by atoms with Crippen molar-refractivity contribution < 1.29 is 19.1 Å². The minimum atomic E-state index is -0.334. The van der Waals surface area contributed by atoms with Crippen LogP contribution < -0.4 is 10.1 Å². The lowest BCUT2D eigenvalue weighted by atomic mass is 10.2. The maximum Gasteiger partial charge on any atom is 0.409 e. The van der Waals surface area contributed by atoms with Crippen LogP contribution in [0.2, 0.25) is 0 Å². The number of benzene rings is 1.